The Hall–Kier alpha value is -0.970. The second kappa shape index (κ2) is 3.83. The van der Waals surface area contributed by atoms with E-state index in [1.807, 2.05) is 0 Å². The fourth-order valence-corrected chi connectivity index (χ4v) is 0.982. The Bertz CT molecular complexity index is 265. The zero-order valence-electron chi connectivity index (χ0n) is 7.48. The molecule has 1 rings (SSSR count). The van der Waals surface area contributed by atoms with Gasteiger partial charge in [-0.15, -0.1) is 0 Å². The summed E-state index contributed by atoms with van der Waals surface area (Å²) in [5, 5.41) is 0. The number of alkyl halides is 2. The molecule has 0 unspecified atom stereocenters. The van der Waals surface area contributed by atoms with Crippen molar-refractivity contribution in [2.75, 3.05) is 6.54 Å². The van der Waals surface area contributed by atoms with Gasteiger partial charge < -0.3 is 10.7 Å². The summed E-state index contributed by atoms with van der Waals surface area (Å²) in [5.74, 6) is -2.27. The molecule has 0 aromatic carbocycles. The number of halogens is 2. The Morgan fingerprint density at radius 3 is 2.77 bits per heavy atom. The first-order valence-electron chi connectivity index (χ1n) is 4.16. The number of aromatic amines is 1. The van der Waals surface area contributed by atoms with Crippen molar-refractivity contribution in [2.24, 2.45) is 5.73 Å². The maximum atomic E-state index is 12.7. The molecule has 0 aliphatic heterocycles. The van der Waals surface area contributed by atoms with E-state index in [0.717, 1.165) is 13.3 Å². The minimum Gasteiger partial charge on any atom is -0.341 e. The second-order valence-electron chi connectivity index (χ2n) is 3.02. The fraction of sp³-hybridized carbons (Fsp3) is 0.625. The zero-order chi connectivity index (χ0) is 9.90. The highest BCUT2D eigenvalue weighted by molar-refractivity contribution is 5.06. The first kappa shape index (κ1) is 10.1. The van der Waals surface area contributed by atoms with Gasteiger partial charge in [0.05, 0.1) is 6.20 Å². The summed E-state index contributed by atoms with van der Waals surface area (Å²) in [7, 11) is 0. The van der Waals surface area contributed by atoms with Crippen molar-refractivity contribution in [2.45, 2.75) is 25.7 Å². The van der Waals surface area contributed by atoms with Crippen LogP contribution in [0.4, 0.5) is 8.78 Å². The van der Waals surface area contributed by atoms with E-state index in [9.17, 15) is 8.78 Å². The first-order valence-corrected chi connectivity index (χ1v) is 4.16. The molecule has 13 heavy (non-hydrogen) atoms. The molecule has 1 heterocycles. The van der Waals surface area contributed by atoms with Crippen LogP contribution in [0.3, 0.4) is 0 Å². The largest absolute Gasteiger partial charge is 0.341 e. The third-order valence-electron chi connectivity index (χ3n) is 1.72. The molecule has 0 fully saturated rings. The van der Waals surface area contributed by atoms with Gasteiger partial charge in [-0.3, -0.25) is 0 Å². The fourth-order valence-electron chi connectivity index (χ4n) is 0.982. The molecule has 0 radical (unpaired) electrons. The van der Waals surface area contributed by atoms with Crippen LogP contribution in [0.15, 0.2) is 6.20 Å². The lowest BCUT2D eigenvalue weighted by Gasteiger charge is -2.05. The van der Waals surface area contributed by atoms with Crippen molar-refractivity contribution < 1.29 is 8.78 Å². The third kappa shape index (κ3) is 2.77. The van der Waals surface area contributed by atoms with Gasteiger partial charge in [0.1, 0.15) is 11.5 Å². The summed E-state index contributed by atoms with van der Waals surface area (Å²) in [6.07, 6.45) is 2.54. The number of hydrogen-bond donors (Lipinski definition) is 2. The molecule has 5 heteroatoms. The van der Waals surface area contributed by atoms with Crippen molar-refractivity contribution in [3.63, 3.8) is 0 Å². The molecule has 0 atom stereocenters. The van der Waals surface area contributed by atoms with Crippen molar-refractivity contribution in [1.82, 2.24) is 9.97 Å². The molecular weight excluding hydrogens is 176 g/mol. The Balaban J connectivity index is 2.64. The summed E-state index contributed by atoms with van der Waals surface area (Å²) >= 11 is 0. The SMILES string of the molecule is CC(F)(F)c1cnc(CCCN)[nH]1. The molecule has 3 nitrogen and oxygen atoms in total. The van der Waals surface area contributed by atoms with Crippen molar-refractivity contribution in [1.29, 1.82) is 0 Å². The summed E-state index contributed by atoms with van der Waals surface area (Å²) in [6.45, 7) is 1.38. The van der Waals surface area contributed by atoms with Crippen molar-refractivity contribution >= 4 is 0 Å². The van der Waals surface area contributed by atoms with Gasteiger partial charge in [-0.2, -0.15) is 8.78 Å². The minimum atomic E-state index is -2.84. The highest BCUT2D eigenvalue weighted by Crippen LogP contribution is 2.24. The molecule has 1 aromatic rings. The smallest absolute Gasteiger partial charge is 0.286 e. The maximum Gasteiger partial charge on any atom is 0.286 e. The van der Waals surface area contributed by atoms with Crippen LogP contribution >= 0.6 is 0 Å². The Morgan fingerprint density at radius 2 is 2.31 bits per heavy atom. The van der Waals surface area contributed by atoms with Crippen LogP contribution in [0, 0.1) is 0 Å². The van der Waals surface area contributed by atoms with Gasteiger partial charge in [-0.05, 0) is 13.0 Å². The van der Waals surface area contributed by atoms with Crippen molar-refractivity contribution in [3.05, 3.63) is 17.7 Å². The highest BCUT2D eigenvalue weighted by atomic mass is 19.3. The second-order valence-corrected chi connectivity index (χ2v) is 3.02. The van der Waals surface area contributed by atoms with Crippen LogP contribution in [0.2, 0.25) is 0 Å². The van der Waals surface area contributed by atoms with Crippen LogP contribution < -0.4 is 5.73 Å². The predicted molar refractivity (Wildman–Crippen MR) is 45.5 cm³/mol. The molecule has 74 valence electrons. The number of nitrogens with one attached hydrogen (secondary N) is 1. The quantitative estimate of drug-likeness (QED) is 0.752. The van der Waals surface area contributed by atoms with Crippen LogP contribution in [0.1, 0.15) is 24.9 Å². The number of nitrogens with two attached hydrogens (primary N) is 1. The van der Waals surface area contributed by atoms with Crippen LogP contribution in [0.25, 0.3) is 0 Å². The standard InChI is InChI=1S/C8H13F2N3/c1-8(9,10)6-5-12-7(13-6)3-2-4-11/h5H,2-4,11H2,1H3,(H,12,13). The van der Waals surface area contributed by atoms with Crippen LogP contribution in [-0.4, -0.2) is 16.5 Å². The predicted octanol–water partition coefficient (Wildman–Crippen LogP) is 1.41. The molecular formula is C8H13F2N3. The van der Waals surface area contributed by atoms with E-state index in [2.05, 4.69) is 9.97 Å². The van der Waals surface area contributed by atoms with E-state index in [1.54, 1.807) is 0 Å². The summed E-state index contributed by atoms with van der Waals surface area (Å²) in [6, 6.07) is 0. The average molecular weight is 189 g/mol. The molecule has 3 N–H and O–H groups in total. The minimum absolute atomic E-state index is 0.139. The van der Waals surface area contributed by atoms with Crippen LogP contribution in [-0.2, 0) is 12.3 Å². The maximum absolute atomic E-state index is 12.7. The normalized spacial score (nSPS) is 12.0. The third-order valence-corrected chi connectivity index (χ3v) is 1.72. The number of imidazole rings is 1. The van der Waals surface area contributed by atoms with Gasteiger partial charge in [0.25, 0.3) is 5.92 Å². The van der Waals surface area contributed by atoms with Gasteiger partial charge in [0, 0.05) is 13.3 Å². The summed E-state index contributed by atoms with van der Waals surface area (Å²) in [4.78, 5) is 6.40. The van der Waals surface area contributed by atoms with E-state index in [0.29, 0.717) is 18.8 Å². The molecule has 0 aliphatic carbocycles. The summed E-state index contributed by atoms with van der Waals surface area (Å²) in [5.41, 5.74) is 5.14. The van der Waals surface area contributed by atoms with E-state index in [-0.39, 0.29) is 5.69 Å². The number of aromatic nitrogens is 2. The Labute approximate surface area is 75.4 Å². The molecule has 0 aliphatic rings. The molecule has 0 amide bonds. The van der Waals surface area contributed by atoms with E-state index in [1.165, 1.54) is 6.20 Å². The van der Waals surface area contributed by atoms with E-state index < -0.39 is 5.92 Å². The molecule has 1 aromatic heterocycles. The molecule has 0 spiro atoms. The number of hydrogen-bond acceptors (Lipinski definition) is 2. The van der Waals surface area contributed by atoms with Gasteiger partial charge in [-0.25, -0.2) is 4.98 Å². The summed E-state index contributed by atoms with van der Waals surface area (Å²) < 4.78 is 25.4. The topological polar surface area (TPSA) is 54.7 Å². The van der Waals surface area contributed by atoms with Crippen LogP contribution in [0.5, 0.6) is 0 Å². The lowest BCUT2D eigenvalue weighted by Crippen LogP contribution is -2.07. The Morgan fingerprint density at radius 1 is 1.62 bits per heavy atom. The van der Waals surface area contributed by atoms with E-state index >= 15 is 0 Å². The van der Waals surface area contributed by atoms with Gasteiger partial charge in [0.2, 0.25) is 0 Å². The van der Waals surface area contributed by atoms with E-state index in [4.69, 9.17) is 5.73 Å². The Kier molecular flexibility index (Phi) is 2.98. The van der Waals surface area contributed by atoms with Gasteiger partial charge in [0.15, 0.2) is 0 Å². The number of rotatable bonds is 4. The highest BCUT2D eigenvalue weighted by Gasteiger charge is 2.26. The van der Waals surface area contributed by atoms with Crippen molar-refractivity contribution in [3.8, 4) is 0 Å². The number of nitrogens with zero attached hydrogens (tertiary/aromatic N) is 1. The zero-order valence-corrected chi connectivity index (χ0v) is 7.48. The van der Waals surface area contributed by atoms with Gasteiger partial charge >= 0.3 is 0 Å². The number of H-pyrrole nitrogens is 1. The van der Waals surface area contributed by atoms with Gasteiger partial charge in [-0.1, -0.05) is 0 Å². The first-order chi connectivity index (χ1) is 6.04. The average Bonchev–Trinajstić information content (AvgIpc) is 2.47. The molecule has 0 saturated carbocycles. The lowest BCUT2D eigenvalue weighted by atomic mass is 10.3. The molecule has 0 saturated heterocycles. The lowest BCUT2D eigenvalue weighted by molar-refractivity contribution is 0.0131. The monoisotopic (exact) mass is 189 g/mol. The number of aryl methyl sites for hydroxylation is 1. The molecule has 0 bridgehead atoms.